The van der Waals surface area contributed by atoms with Crippen LogP contribution >= 0.6 is 0 Å². The summed E-state index contributed by atoms with van der Waals surface area (Å²) >= 11 is 0. The highest BCUT2D eigenvalue weighted by Gasteiger charge is 2.33. The number of fused-ring (bicyclic) bond motifs is 2. The van der Waals surface area contributed by atoms with Gasteiger partial charge in [0.05, 0.1) is 23.9 Å². The summed E-state index contributed by atoms with van der Waals surface area (Å²) < 4.78 is 36.6. The lowest BCUT2D eigenvalue weighted by atomic mass is 9.87. The zero-order chi connectivity index (χ0) is 30.1. The molecule has 2 saturated heterocycles. The molecule has 11 heteroatoms. The number of hydrogen-bond acceptors (Lipinski definition) is 8. The van der Waals surface area contributed by atoms with Crippen molar-refractivity contribution in [2.45, 2.75) is 56.8 Å². The summed E-state index contributed by atoms with van der Waals surface area (Å²) in [6.07, 6.45) is 6.37. The number of alkyl halides is 1. The number of halogens is 2. The summed E-state index contributed by atoms with van der Waals surface area (Å²) in [5, 5.41) is 9.88. The molecule has 2 aromatic heterocycles. The van der Waals surface area contributed by atoms with Gasteiger partial charge in [0.2, 0.25) is 5.91 Å². The molecule has 2 fully saturated rings. The molecule has 4 heterocycles. The van der Waals surface area contributed by atoms with Crippen molar-refractivity contribution in [3.63, 3.8) is 0 Å². The Balaban J connectivity index is 1.42. The van der Waals surface area contributed by atoms with E-state index in [1.54, 1.807) is 11.1 Å². The Hall–Kier alpha value is -4.17. The Labute approximate surface area is 249 Å². The normalized spacial score (nSPS) is 22.3. The number of rotatable bonds is 7. The van der Waals surface area contributed by atoms with E-state index in [4.69, 9.17) is 9.72 Å². The second-order valence-electron chi connectivity index (χ2n) is 11.6. The molecule has 9 nitrogen and oxygen atoms in total. The molecule has 0 bridgehead atoms. The number of likely N-dealkylation sites (tertiary alicyclic amines) is 1. The standard InChI is InChI=1S/C32H35F2N7O2/c1-3-27(42)41-14-13-40(18-22(41)11-12-35)31-26-16-36-29(25-10-6-8-20-7-4-5-9-24(20)25)28(34)30(26)37-32(38-31)43-19-23-15-21(33)17-39(23)2/h3,6,8,10,16,21-23H,1,4-5,7,9,11,13-15,17-19H2,2H3/t21-,22+,23+/m1/s1. The molecule has 224 valence electrons. The number of pyridine rings is 1. The molecule has 1 aromatic carbocycles. The van der Waals surface area contributed by atoms with Gasteiger partial charge in [-0.2, -0.15) is 15.2 Å². The topological polar surface area (TPSA) is 98.5 Å². The SMILES string of the molecule is C=CC(=O)N1CCN(c2nc(OC[C@@H]3C[C@@H](F)CN3C)nc3c(F)c(-c4cccc5c4CCCC5)ncc23)C[C@@H]1CC#N. The van der Waals surface area contributed by atoms with E-state index < -0.39 is 18.0 Å². The Bertz CT molecular complexity index is 1590. The molecular formula is C32H35F2N7O2. The molecule has 3 aliphatic rings. The van der Waals surface area contributed by atoms with Gasteiger partial charge in [0, 0.05) is 44.0 Å². The van der Waals surface area contributed by atoms with Crippen LogP contribution in [0.2, 0.25) is 0 Å². The fraction of sp³-hybridized carbons (Fsp3) is 0.469. The van der Waals surface area contributed by atoms with E-state index in [9.17, 15) is 14.4 Å². The van der Waals surface area contributed by atoms with Crippen LogP contribution in [-0.2, 0) is 17.6 Å². The minimum absolute atomic E-state index is 0.00854. The number of carbonyl (C=O) groups is 1. The highest BCUT2D eigenvalue weighted by molar-refractivity contribution is 5.92. The van der Waals surface area contributed by atoms with Crippen LogP contribution in [0.5, 0.6) is 6.01 Å². The van der Waals surface area contributed by atoms with Crippen LogP contribution in [0.3, 0.4) is 0 Å². The molecule has 6 rings (SSSR count). The number of ether oxygens (including phenoxy) is 1. The van der Waals surface area contributed by atoms with Gasteiger partial charge in [-0.15, -0.1) is 0 Å². The monoisotopic (exact) mass is 587 g/mol. The van der Waals surface area contributed by atoms with Gasteiger partial charge in [-0.05, 0) is 56.4 Å². The molecule has 3 atom stereocenters. The van der Waals surface area contributed by atoms with Gasteiger partial charge >= 0.3 is 6.01 Å². The van der Waals surface area contributed by atoms with Crippen molar-refractivity contribution in [3.8, 4) is 23.3 Å². The van der Waals surface area contributed by atoms with Gasteiger partial charge < -0.3 is 14.5 Å². The number of nitrogens with zero attached hydrogens (tertiary/aromatic N) is 7. The molecule has 0 spiro atoms. The van der Waals surface area contributed by atoms with Crippen LogP contribution in [0.1, 0.15) is 36.8 Å². The minimum atomic E-state index is -0.929. The van der Waals surface area contributed by atoms with Gasteiger partial charge in [-0.25, -0.2) is 8.78 Å². The summed E-state index contributed by atoms with van der Waals surface area (Å²) in [4.78, 5) is 31.8. The van der Waals surface area contributed by atoms with Crippen molar-refractivity contribution >= 4 is 22.6 Å². The first kappa shape index (κ1) is 28.9. The number of aryl methyl sites for hydroxylation is 1. The Kier molecular flexibility index (Phi) is 8.21. The van der Waals surface area contributed by atoms with E-state index in [1.807, 2.05) is 29.0 Å². The maximum absolute atomic E-state index is 16.5. The van der Waals surface area contributed by atoms with Gasteiger partial charge in [-0.3, -0.25) is 14.7 Å². The molecule has 2 aliphatic heterocycles. The van der Waals surface area contributed by atoms with Gasteiger partial charge in [0.1, 0.15) is 29.8 Å². The first-order valence-corrected chi connectivity index (χ1v) is 14.9. The van der Waals surface area contributed by atoms with Crippen molar-refractivity contribution in [3.05, 3.63) is 54.0 Å². The Morgan fingerprint density at radius 3 is 2.81 bits per heavy atom. The average molecular weight is 588 g/mol. The first-order valence-electron chi connectivity index (χ1n) is 14.9. The van der Waals surface area contributed by atoms with E-state index in [-0.39, 0.29) is 42.2 Å². The number of hydrogen-bond donors (Lipinski definition) is 0. The summed E-state index contributed by atoms with van der Waals surface area (Å²) in [6.45, 7) is 5.13. The maximum Gasteiger partial charge on any atom is 0.319 e. The lowest BCUT2D eigenvalue weighted by Crippen LogP contribution is -2.55. The summed E-state index contributed by atoms with van der Waals surface area (Å²) in [5.74, 6) is -0.377. The molecule has 43 heavy (non-hydrogen) atoms. The predicted molar refractivity (Wildman–Crippen MR) is 159 cm³/mol. The van der Waals surface area contributed by atoms with E-state index in [2.05, 4.69) is 28.7 Å². The van der Waals surface area contributed by atoms with Crippen molar-refractivity contribution in [2.75, 3.05) is 44.7 Å². The lowest BCUT2D eigenvalue weighted by Gasteiger charge is -2.41. The molecule has 3 aromatic rings. The molecule has 0 saturated carbocycles. The second-order valence-corrected chi connectivity index (χ2v) is 11.6. The molecule has 0 radical (unpaired) electrons. The number of benzene rings is 1. The van der Waals surface area contributed by atoms with E-state index >= 15 is 4.39 Å². The molecular weight excluding hydrogens is 552 g/mol. The zero-order valence-electron chi connectivity index (χ0n) is 24.3. The number of nitriles is 1. The van der Waals surface area contributed by atoms with Crippen molar-refractivity contribution in [1.29, 1.82) is 5.26 Å². The Morgan fingerprint density at radius 2 is 2.05 bits per heavy atom. The van der Waals surface area contributed by atoms with E-state index in [1.165, 1.54) is 11.6 Å². The van der Waals surface area contributed by atoms with Crippen molar-refractivity contribution in [2.24, 2.45) is 0 Å². The Morgan fingerprint density at radius 1 is 1.21 bits per heavy atom. The van der Waals surface area contributed by atoms with Crippen LogP contribution < -0.4 is 9.64 Å². The predicted octanol–water partition coefficient (Wildman–Crippen LogP) is 4.25. The number of piperazine rings is 1. The second kappa shape index (κ2) is 12.2. The van der Waals surface area contributed by atoms with Crippen molar-refractivity contribution in [1.82, 2.24) is 24.8 Å². The van der Waals surface area contributed by atoms with Gasteiger partial charge in [-0.1, -0.05) is 24.8 Å². The van der Waals surface area contributed by atoms with Gasteiger partial charge in [0.15, 0.2) is 5.82 Å². The number of amides is 1. The molecule has 0 unspecified atom stereocenters. The van der Waals surface area contributed by atoms with Crippen LogP contribution in [-0.4, -0.2) is 88.7 Å². The zero-order valence-corrected chi connectivity index (χ0v) is 24.3. The third-order valence-corrected chi connectivity index (χ3v) is 8.90. The highest BCUT2D eigenvalue weighted by Crippen LogP contribution is 2.36. The minimum Gasteiger partial charge on any atom is -0.462 e. The molecule has 1 amide bonds. The smallest absolute Gasteiger partial charge is 0.319 e. The fourth-order valence-electron chi connectivity index (χ4n) is 6.63. The number of aromatic nitrogens is 3. The molecule has 1 aliphatic carbocycles. The van der Waals surface area contributed by atoms with E-state index in [0.29, 0.717) is 43.8 Å². The fourth-order valence-corrected chi connectivity index (χ4v) is 6.63. The van der Waals surface area contributed by atoms with Crippen LogP contribution in [0.4, 0.5) is 14.6 Å². The van der Waals surface area contributed by atoms with E-state index in [0.717, 1.165) is 36.8 Å². The lowest BCUT2D eigenvalue weighted by molar-refractivity contribution is -0.128. The third-order valence-electron chi connectivity index (χ3n) is 8.90. The molecule has 0 N–H and O–H groups in total. The van der Waals surface area contributed by atoms with Crippen LogP contribution in [0.15, 0.2) is 37.1 Å². The number of anilines is 1. The third kappa shape index (κ3) is 5.64. The maximum atomic E-state index is 16.5. The van der Waals surface area contributed by atoms with Crippen LogP contribution in [0, 0.1) is 17.1 Å². The highest BCUT2D eigenvalue weighted by atomic mass is 19.1. The first-order chi connectivity index (χ1) is 20.9. The average Bonchev–Trinajstić information content (AvgIpc) is 3.35. The quantitative estimate of drug-likeness (QED) is 0.379. The van der Waals surface area contributed by atoms with Gasteiger partial charge in [0.25, 0.3) is 0 Å². The summed E-state index contributed by atoms with van der Waals surface area (Å²) in [7, 11) is 1.85. The number of likely N-dealkylation sites (N-methyl/N-ethyl adjacent to an activating group) is 1. The van der Waals surface area contributed by atoms with Crippen molar-refractivity contribution < 1.29 is 18.3 Å². The van der Waals surface area contributed by atoms with Crippen LogP contribution in [0.25, 0.3) is 22.2 Å². The largest absolute Gasteiger partial charge is 0.462 e. The summed E-state index contributed by atoms with van der Waals surface area (Å²) in [5.41, 5.74) is 3.44. The summed E-state index contributed by atoms with van der Waals surface area (Å²) in [6, 6.07) is 7.55. The number of carbonyl (C=O) groups excluding carboxylic acids is 1.